The summed E-state index contributed by atoms with van der Waals surface area (Å²) in [4.78, 5) is 10.7. The van der Waals surface area contributed by atoms with E-state index in [0.717, 1.165) is 24.8 Å². The molecule has 128 valence electrons. The Balaban J connectivity index is 2.25. The third-order valence-electron chi connectivity index (χ3n) is 4.95. The zero-order chi connectivity index (χ0) is 17.7. The van der Waals surface area contributed by atoms with Crippen LogP contribution in [0.4, 0.5) is 0 Å². The first-order valence-electron chi connectivity index (χ1n) is 8.83. The molecule has 2 nitrogen and oxygen atoms in total. The normalized spacial score (nSPS) is 21.2. The number of hydrogen-bond acceptors (Lipinski definition) is 1. The van der Waals surface area contributed by atoms with E-state index < -0.39 is 5.97 Å². The van der Waals surface area contributed by atoms with Gasteiger partial charge in [-0.3, -0.25) is 0 Å². The van der Waals surface area contributed by atoms with E-state index in [-0.39, 0.29) is 5.41 Å². The van der Waals surface area contributed by atoms with E-state index in [4.69, 9.17) is 5.11 Å². The molecule has 2 heteroatoms. The van der Waals surface area contributed by atoms with Crippen LogP contribution in [0, 0.1) is 17.3 Å². The van der Waals surface area contributed by atoms with Crippen molar-refractivity contribution in [3.05, 3.63) is 46.1 Å². The fourth-order valence-corrected chi connectivity index (χ4v) is 3.61. The van der Waals surface area contributed by atoms with Gasteiger partial charge in [-0.2, -0.15) is 0 Å². The van der Waals surface area contributed by atoms with Gasteiger partial charge in [-0.1, -0.05) is 43.4 Å². The topological polar surface area (TPSA) is 37.3 Å². The van der Waals surface area contributed by atoms with Crippen molar-refractivity contribution in [3.8, 4) is 11.8 Å². The second-order valence-electron chi connectivity index (χ2n) is 7.56. The Bertz CT molecular complexity index is 700. The molecule has 2 rings (SSSR count). The molecule has 2 aliphatic carbocycles. The molecule has 1 N–H and O–H groups in total. The third kappa shape index (κ3) is 4.74. The van der Waals surface area contributed by atoms with Gasteiger partial charge >= 0.3 is 5.97 Å². The first kappa shape index (κ1) is 18.3. The summed E-state index contributed by atoms with van der Waals surface area (Å²) in [7, 11) is 0. The summed E-state index contributed by atoms with van der Waals surface area (Å²) in [6.45, 7) is 8.62. The Morgan fingerprint density at radius 3 is 2.58 bits per heavy atom. The van der Waals surface area contributed by atoms with Gasteiger partial charge in [0.05, 0.1) is 0 Å². The highest BCUT2D eigenvalue weighted by Crippen LogP contribution is 2.39. The first-order chi connectivity index (χ1) is 11.3. The molecular weight excluding hydrogens is 296 g/mol. The van der Waals surface area contributed by atoms with Gasteiger partial charge in [0.1, 0.15) is 0 Å². The van der Waals surface area contributed by atoms with E-state index in [1.807, 2.05) is 19.1 Å². The van der Waals surface area contributed by atoms with Crippen LogP contribution in [0.25, 0.3) is 0 Å². The van der Waals surface area contributed by atoms with Crippen LogP contribution in [0.2, 0.25) is 0 Å². The van der Waals surface area contributed by atoms with Crippen molar-refractivity contribution in [2.45, 2.75) is 66.2 Å². The van der Waals surface area contributed by atoms with E-state index >= 15 is 0 Å². The maximum absolute atomic E-state index is 10.7. The predicted molar refractivity (Wildman–Crippen MR) is 99.5 cm³/mol. The van der Waals surface area contributed by atoms with Crippen LogP contribution >= 0.6 is 0 Å². The molecule has 2 aliphatic rings. The van der Waals surface area contributed by atoms with E-state index in [1.165, 1.54) is 47.6 Å². The molecule has 0 unspecified atom stereocenters. The molecule has 0 saturated carbocycles. The summed E-state index contributed by atoms with van der Waals surface area (Å²) in [6.07, 6.45) is 12.0. The smallest absolute Gasteiger partial charge is 0.328 e. The molecule has 0 aromatic carbocycles. The van der Waals surface area contributed by atoms with Gasteiger partial charge in [0.25, 0.3) is 0 Å². The van der Waals surface area contributed by atoms with E-state index in [1.54, 1.807) is 0 Å². The molecule has 0 atom stereocenters. The molecule has 0 saturated heterocycles. The van der Waals surface area contributed by atoms with Crippen molar-refractivity contribution < 1.29 is 9.90 Å². The maximum atomic E-state index is 10.7. The monoisotopic (exact) mass is 324 g/mol. The average molecular weight is 324 g/mol. The lowest BCUT2D eigenvalue weighted by molar-refractivity contribution is -0.131. The molecular formula is C22H28O2. The highest BCUT2D eigenvalue weighted by Gasteiger charge is 2.27. The van der Waals surface area contributed by atoms with Gasteiger partial charge in [-0.05, 0) is 68.9 Å². The standard InChI is InChI=1S/C22H28O2/c1-16(15-21(23)24)10-11-18-8-5-9-19(18)12-13-20-17(2)7-6-14-22(20,3)4/h10-11,15H,5-9,14H2,1-4H3,(H,23,24). The molecule has 0 amide bonds. The SMILES string of the molecule is CC(C=CC1=C(C#CC2=C(C)CCCC2(C)C)CCC1)=CC(=O)O. The van der Waals surface area contributed by atoms with Crippen molar-refractivity contribution >= 4 is 5.97 Å². The summed E-state index contributed by atoms with van der Waals surface area (Å²) < 4.78 is 0. The highest BCUT2D eigenvalue weighted by molar-refractivity contribution is 5.81. The van der Waals surface area contributed by atoms with Crippen molar-refractivity contribution in [1.82, 2.24) is 0 Å². The van der Waals surface area contributed by atoms with E-state index in [2.05, 4.69) is 32.6 Å². The van der Waals surface area contributed by atoms with Gasteiger partial charge in [-0.15, -0.1) is 0 Å². The second kappa shape index (κ2) is 7.71. The number of rotatable bonds is 3. The molecule has 0 aromatic heterocycles. The number of carboxylic acid groups (broad SMARTS) is 1. The van der Waals surface area contributed by atoms with Crippen LogP contribution in [0.1, 0.15) is 66.2 Å². The number of hydrogen-bond donors (Lipinski definition) is 1. The summed E-state index contributed by atoms with van der Waals surface area (Å²) in [5, 5.41) is 8.78. The van der Waals surface area contributed by atoms with Crippen LogP contribution in [-0.4, -0.2) is 11.1 Å². The quantitative estimate of drug-likeness (QED) is 0.418. The number of aliphatic carboxylic acids is 1. The van der Waals surface area contributed by atoms with Gasteiger partial charge in [0.15, 0.2) is 0 Å². The minimum absolute atomic E-state index is 0.186. The number of allylic oxidation sites excluding steroid dienone is 7. The van der Waals surface area contributed by atoms with Crippen LogP contribution in [0.3, 0.4) is 0 Å². The fourth-order valence-electron chi connectivity index (χ4n) is 3.61. The Labute approximate surface area is 146 Å². The molecule has 0 spiro atoms. The van der Waals surface area contributed by atoms with Gasteiger partial charge in [0.2, 0.25) is 0 Å². The highest BCUT2D eigenvalue weighted by atomic mass is 16.4. The predicted octanol–water partition coefficient (Wildman–Crippen LogP) is 5.58. The van der Waals surface area contributed by atoms with E-state index in [0.29, 0.717) is 0 Å². The largest absolute Gasteiger partial charge is 0.478 e. The van der Waals surface area contributed by atoms with E-state index in [9.17, 15) is 4.79 Å². The van der Waals surface area contributed by atoms with Crippen molar-refractivity contribution in [2.24, 2.45) is 5.41 Å². The molecule has 0 aromatic rings. The van der Waals surface area contributed by atoms with Crippen molar-refractivity contribution in [1.29, 1.82) is 0 Å². The lowest BCUT2D eigenvalue weighted by Gasteiger charge is -2.31. The molecule has 0 radical (unpaired) electrons. The van der Waals surface area contributed by atoms with Crippen LogP contribution in [0.5, 0.6) is 0 Å². The first-order valence-corrected chi connectivity index (χ1v) is 8.83. The Kier molecular flexibility index (Phi) is 5.89. The summed E-state index contributed by atoms with van der Waals surface area (Å²) >= 11 is 0. The van der Waals surface area contributed by atoms with Crippen LogP contribution < -0.4 is 0 Å². The second-order valence-corrected chi connectivity index (χ2v) is 7.56. The van der Waals surface area contributed by atoms with Gasteiger partial charge in [-0.25, -0.2) is 4.79 Å². The Morgan fingerprint density at radius 2 is 1.92 bits per heavy atom. The van der Waals surface area contributed by atoms with Crippen LogP contribution in [0.15, 0.2) is 46.1 Å². The average Bonchev–Trinajstić information content (AvgIpc) is 2.90. The Hall–Kier alpha value is -2.01. The molecule has 0 heterocycles. The number of carboxylic acids is 1. The maximum Gasteiger partial charge on any atom is 0.328 e. The molecule has 24 heavy (non-hydrogen) atoms. The summed E-state index contributed by atoms with van der Waals surface area (Å²) in [5.41, 5.74) is 6.17. The van der Waals surface area contributed by atoms with Crippen molar-refractivity contribution in [2.75, 3.05) is 0 Å². The van der Waals surface area contributed by atoms with Crippen LogP contribution in [-0.2, 0) is 4.79 Å². The number of carbonyl (C=O) groups is 1. The lowest BCUT2D eigenvalue weighted by atomic mass is 9.73. The molecule has 0 aliphatic heterocycles. The molecule has 0 bridgehead atoms. The van der Waals surface area contributed by atoms with Gasteiger partial charge < -0.3 is 5.11 Å². The zero-order valence-corrected chi connectivity index (χ0v) is 15.3. The lowest BCUT2D eigenvalue weighted by Crippen LogP contribution is -2.19. The Morgan fingerprint density at radius 1 is 1.17 bits per heavy atom. The third-order valence-corrected chi connectivity index (χ3v) is 4.95. The summed E-state index contributed by atoms with van der Waals surface area (Å²) in [6, 6.07) is 0. The molecule has 0 fully saturated rings. The minimum atomic E-state index is -0.903. The zero-order valence-electron chi connectivity index (χ0n) is 15.3. The van der Waals surface area contributed by atoms with Gasteiger partial charge in [0, 0.05) is 17.2 Å². The minimum Gasteiger partial charge on any atom is -0.478 e. The summed E-state index contributed by atoms with van der Waals surface area (Å²) in [5.74, 6) is 6.02. The van der Waals surface area contributed by atoms with Crippen molar-refractivity contribution in [3.63, 3.8) is 0 Å². The fraction of sp³-hybridized carbons (Fsp3) is 0.500.